The van der Waals surface area contributed by atoms with Crippen LogP contribution in [-0.4, -0.2) is 4.98 Å². The zero-order valence-electron chi connectivity index (χ0n) is 7.63. The number of pyridine rings is 1. The van der Waals surface area contributed by atoms with Gasteiger partial charge in [0.15, 0.2) is 0 Å². The molecule has 0 aliphatic rings. The van der Waals surface area contributed by atoms with E-state index in [1.165, 1.54) is 10.9 Å². The van der Waals surface area contributed by atoms with Crippen molar-refractivity contribution in [2.45, 2.75) is 13.8 Å². The molecular formula is C11H10BrN. The van der Waals surface area contributed by atoms with Gasteiger partial charge in [0.1, 0.15) is 0 Å². The van der Waals surface area contributed by atoms with E-state index in [2.05, 4.69) is 46.0 Å². The Balaban J connectivity index is 2.87. The van der Waals surface area contributed by atoms with Crippen molar-refractivity contribution in [3.63, 3.8) is 0 Å². The van der Waals surface area contributed by atoms with Gasteiger partial charge in [-0.1, -0.05) is 22.0 Å². The van der Waals surface area contributed by atoms with Crippen molar-refractivity contribution in [3.8, 4) is 0 Å². The van der Waals surface area contributed by atoms with E-state index in [-0.39, 0.29) is 0 Å². The third-order valence-electron chi connectivity index (χ3n) is 2.09. The zero-order valence-corrected chi connectivity index (χ0v) is 9.22. The predicted molar refractivity (Wildman–Crippen MR) is 58.9 cm³/mol. The molecule has 1 nitrogen and oxygen atoms in total. The third kappa shape index (κ3) is 1.59. The van der Waals surface area contributed by atoms with Crippen LogP contribution in [0.2, 0.25) is 0 Å². The Morgan fingerprint density at radius 1 is 1.15 bits per heavy atom. The summed E-state index contributed by atoms with van der Waals surface area (Å²) in [5, 5.41) is 1.19. The Labute approximate surface area is 85.9 Å². The number of benzene rings is 1. The predicted octanol–water partition coefficient (Wildman–Crippen LogP) is 3.61. The van der Waals surface area contributed by atoms with Crippen molar-refractivity contribution in [1.29, 1.82) is 0 Å². The summed E-state index contributed by atoms with van der Waals surface area (Å²) in [4.78, 5) is 4.50. The van der Waals surface area contributed by atoms with E-state index in [0.717, 1.165) is 15.7 Å². The Kier molecular flexibility index (Phi) is 2.08. The van der Waals surface area contributed by atoms with Crippen LogP contribution in [0.5, 0.6) is 0 Å². The molecule has 13 heavy (non-hydrogen) atoms. The molecule has 0 radical (unpaired) electrons. The lowest BCUT2D eigenvalue weighted by atomic mass is 10.1. The Hall–Kier alpha value is -0.890. The zero-order chi connectivity index (χ0) is 9.42. The first-order valence-corrected chi connectivity index (χ1v) is 4.99. The Morgan fingerprint density at radius 3 is 2.69 bits per heavy atom. The fraction of sp³-hybridized carbons (Fsp3) is 0.182. The van der Waals surface area contributed by atoms with Crippen LogP contribution in [0.25, 0.3) is 10.9 Å². The van der Waals surface area contributed by atoms with E-state index in [1.54, 1.807) is 0 Å². The number of fused-ring (bicyclic) bond motifs is 1. The first-order valence-electron chi connectivity index (χ1n) is 4.20. The van der Waals surface area contributed by atoms with Gasteiger partial charge >= 0.3 is 0 Å². The van der Waals surface area contributed by atoms with Crippen LogP contribution in [0.4, 0.5) is 0 Å². The van der Waals surface area contributed by atoms with Crippen LogP contribution < -0.4 is 0 Å². The number of hydrogen-bond acceptors (Lipinski definition) is 1. The number of halogens is 1. The van der Waals surface area contributed by atoms with E-state index < -0.39 is 0 Å². The molecule has 0 fully saturated rings. The van der Waals surface area contributed by atoms with Crippen LogP contribution in [0.15, 0.2) is 28.7 Å². The van der Waals surface area contributed by atoms with Crippen LogP contribution in [0, 0.1) is 13.8 Å². The number of aryl methyl sites for hydroxylation is 2. The molecule has 2 rings (SSSR count). The molecule has 0 saturated heterocycles. The lowest BCUT2D eigenvalue weighted by Crippen LogP contribution is -1.86. The minimum absolute atomic E-state index is 1.07. The smallest absolute Gasteiger partial charge is 0.0735 e. The van der Waals surface area contributed by atoms with Crippen molar-refractivity contribution < 1.29 is 0 Å². The SMILES string of the molecule is Cc1ccc2cc(Br)cc(C)c2n1. The summed E-state index contributed by atoms with van der Waals surface area (Å²) >= 11 is 3.47. The highest BCUT2D eigenvalue weighted by Crippen LogP contribution is 2.22. The van der Waals surface area contributed by atoms with Gasteiger partial charge in [0.2, 0.25) is 0 Å². The molecule has 0 aliphatic carbocycles. The summed E-state index contributed by atoms with van der Waals surface area (Å²) in [6, 6.07) is 8.33. The van der Waals surface area contributed by atoms with Crippen LogP contribution >= 0.6 is 15.9 Å². The average Bonchev–Trinajstić information content (AvgIpc) is 2.06. The lowest BCUT2D eigenvalue weighted by molar-refractivity contribution is 1.24. The van der Waals surface area contributed by atoms with E-state index in [1.807, 2.05) is 13.0 Å². The highest BCUT2D eigenvalue weighted by molar-refractivity contribution is 9.10. The standard InChI is InChI=1S/C11H10BrN/c1-7-5-10(12)6-9-4-3-8(2)13-11(7)9/h3-6H,1-2H3. The molecule has 0 unspecified atom stereocenters. The number of nitrogens with zero attached hydrogens (tertiary/aromatic N) is 1. The van der Waals surface area contributed by atoms with Crippen molar-refractivity contribution in [2.75, 3.05) is 0 Å². The van der Waals surface area contributed by atoms with E-state index in [4.69, 9.17) is 0 Å². The van der Waals surface area contributed by atoms with Gasteiger partial charge in [-0.15, -0.1) is 0 Å². The topological polar surface area (TPSA) is 12.9 Å². The molecule has 2 aromatic rings. The molecule has 0 amide bonds. The average molecular weight is 236 g/mol. The van der Waals surface area contributed by atoms with Gasteiger partial charge in [-0.3, -0.25) is 4.98 Å². The summed E-state index contributed by atoms with van der Waals surface area (Å²) in [6.07, 6.45) is 0. The summed E-state index contributed by atoms with van der Waals surface area (Å²) in [7, 11) is 0. The van der Waals surface area contributed by atoms with Gasteiger partial charge in [-0.05, 0) is 37.6 Å². The Morgan fingerprint density at radius 2 is 1.92 bits per heavy atom. The van der Waals surface area contributed by atoms with Gasteiger partial charge in [0, 0.05) is 15.6 Å². The molecular weight excluding hydrogens is 226 g/mol. The monoisotopic (exact) mass is 235 g/mol. The maximum atomic E-state index is 4.50. The van der Waals surface area contributed by atoms with Crippen LogP contribution in [0.3, 0.4) is 0 Å². The fourth-order valence-corrected chi connectivity index (χ4v) is 2.06. The van der Waals surface area contributed by atoms with Gasteiger partial charge in [-0.2, -0.15) is 0 Å². The summed E-state index contributed by atoms with van der Waals surface area (Å²) in [5.41, 5.74) is 3.38. The number of aromatic nitrogens is 1. The first kappa shape index (κ1) is 8.70. The minimum atomic E-state index is 1.07. The lowest BCUT2D eigenvalue weighted by Gasteiger charge is -2.03. The Bertz CT molecular complexity index is 463. The van der Waals surface area contributed by atoms with Crippen molar-refractivity contribution >= 4 is 26.8 Å². The van der Waals surface area contributed by atoms with Gasteiger partial charge < -0.3 is 0 Å². The largest absolute Gasteiger partial charge is 0.253 e. The quantitative estimate of drug-likeness (QED) is 0.680. The maximum absolute atomic E-state index is 4.50. The van der Waals surface area contributed by atoms with E-state index >= 15 is 0 Å². The summed E-state index contributed by atoms with van der Waals surface area (Å²) < 4.78 is 1.11. The fourth-order valence-electron chi connectivity index (χ4n) is 1.47. The molecule has 2 heteroatoms. The molecule has 0 atom stereocenters. The molecule has 1 aromatic carbocycles. The van der Waals surface area contributed by atoms with Gasteiger partial charge in [0.05, 0.1) is 5.52 Å². The number of rotatable bonds is 0. The molecule has 66 valence electrons. The maximum Gasteiger partial charge on any atom is 0.0735 e. The van der Waals surface area contributed by atoms with E-state index in [0.29, 0.717) is 0 Å². The van der Waals surface area contributed by atoms with Gasteiger partial charge in [-0.25, -0.2) is 0 Å². The van der Waals surface area contributed by atoms with E-state index in [9.17, 15) is 0 Å². The summed E-state index contributed by atoms with van der Waals surface area (Å²) in [6.45, 7) is 4.10. The highest BCUT2D eigenvalue weighted by Gasteiger charge is 2.00. The molecule has 0 saturated carbocycles. The second kappa shape index (κ2) is 3.11. The minimum Gasteiger partial charge on any atom is -0.253 e. The molecule has 0 aliphatic heterocycles. The van der Waals surface area contributed by atoms with Crippen molar-refractivity contribution in [3.05, 3.63) is 40.0 Å². The third-order valence-corrected chi connectivity index (χ3v) is 2.54. The van der Waals surface area contributed by atoms with Crippen molar-refractivity contribution in [2.24, 2.45) is 0 Å². The molecule has 1 heterocycles. The first-order chi connectivity index (χ1) is 6.16. The van der Waals surface area contributed by atoms with Gasteiger partial charge in [0.25, 0.3) is 0 Å². The number of hydrogen-bond donors (Lipinski definition) is 0. The second-order valence-corrected chi connectivity index (χ2v) is 4.16. The molecule has 0 N–H and O–H groups in total. The van der Waals surface area contributed by atoms with Crippen molar-refractivity contribution in [1.82, 2.24) is 4.98 Å². The normalized spacial score (nSPS) is 10.7. The molecule has 1 aromatic heterocycles. The van der Waals surface area contributed by atoms with Crippen LogP contribution in [0.1, 0.15) is 11.3 Å². The van der Waals surface area contributed by atoms with Crippen LogP contribution in [-0.2, 0) is 0 Å². The highest BCUT2D eigenvalue weighted by atomic mass is 79.9. The molecule has 0 spiro atoms. The molecule has 0 bridgehead atoms. The second-order valence-electron chi connectivity index (χ2n) is 3.25. The summed E-state index contributed by atoms with van der Waals surface area (Å²) in [5.74, 6) is 0.